The maximum absolute atomic E-state index is 11.1. The Morgan fingerprint density at radius 1 is 1.57 bits per heavy atom. The first-order chi connectivity index (χ1) is 6.58. The summed E-state index contributed by atoms with van der Waals surface area (Å²) < 4.78 is 5.65. The van der Waals surface area contributed by atoms with Crippen molar-refractivity contribution in [3.05, 3.63) is 22.9 Å². The fourth-order valence-electron chi connectivity index (χ4n) is 0.795. The van der Waals surface area contributed by atoms with E-state index < -0.39 is 6.09 Å². The van der Waals surface area contributed by atoms with Crippen molar-refractivity contribution < 1.29 is 9.53 Å². The van der Waals surface area contributed by atoms with E-state index in [-0.39, 0.29) is 6.04 Å². The molecule has 5 heteroatoms. The van der Waals surface area contributed by atoms with Crippen LogP contribution in [0.5, 0.6) is 5.75 Å². The lowest BCUT2D eigenvalue weighted by Crippen LogP contribution is -2.32. The van der Waals surface area contributed by atoms with Gasteiger partial charge in [0.2, 0.25) is 0 Å². The van der Waals surface area contributed by atoms with Gasteiger partial charge in [0.25, 0.3) is 0 Å². The van der Waals surface area contributed by atoms with Crippen LogP contribution >= 0.6 is 15.9 Å². The standard InChI is InChI=1S/C9H11BrN2O2/c1-6(2)12-9(13)14-7-3-4-8(10)11-5-7/h3-6H,1-2H3,(H,12,13). The van der Waals surface area contributed by atoms with Crippen molar-refractivity contribution in [3.8, 4) is 5.75 Å². The Bertz CT molecular complexity index is 311. The predicted molar refractivity (Wildman–Crippen MR) is 56.2 cm³/mol. The molecule has 0 saturated heterocycles. The first-order valence-corrected chi connectivity index (χ1v) is 4.97. The number of nitrogens with zero attached hydrogens (tertiary/aromatic N) is 1. The third-order valence-electron chi connectivity index (χ3n) is 1.32. The number of hydrogen-bond donors (Lipinski definition) is 1. The number of carbonyl (C=O) groups excluding carboxylic acids is 1. The fourth-order valence-corrected chi connectivity index (χ4v) is 1.03. The quantitative estimate of drug-likeness (QED) is 0.829. The molecular formula is C9H11BrN2O2. The number of carbonyl (C=O) groups is 1. The average molecular weight is 259 g/mol. The van der Waals surface area contributed by atoms with E-state index in [1.807, 2.05) is 13.8 Å². The van der Waals surface area contributed by atoms with Crippen LogP contribution in [0.25, 0.3) is 0 Å². The zero-order valence-corrected chi connectivity index (χ0v) is 9.54. The van der Waals surface area contributed by atoms with Crippen LogP contribution in [0.1, 0.15) is 13.8 Å². The molecule has 0 radical (unpaired) electrons. The number of aromatic nitrogens is 1. The summed E-state index contributed by atoms with van der Waals surface area (Å²) in [5.41, 5.74) is 0. The van der Waals surface area contributed by atoms with Gasteiger partial charge in [0, 0.05) is 6.04 Å². The molecule has 0 fully saturated rings. The summed E-state index contributed by atoms with van der Waals surface area (Å²) in [6, 6.07) is 3.43. The molecule has 1 rings (SSSR count). The molecule has 1 N–H and O–H groups in total. The molecule has 1 aromatic heterocycles. The van der Waals surface area contributed by atoms with Crippen molar-refractivity contribution in [2.24, 2.45) is 0 Å². The molecule has 4 nitrogen and oxygen atoms in total. The lowest BCUT2D eigenvalue weighted by Gasteiger charge is -2.08. The zero-order chi connectivity index (χ0) is 10.6. The Labute approximate surface area is 90.8 Å². The normalized spacial score (nSPS) is 10.0. The first kappa shape index (κ1) is 11.0. The summed E-state index contributed by atoms with van der Waals surface area (Å²) in [4.78, 5) is 15.1. The lowest BCUT2D eigenvalue weighted by atomic mass is 10.4. The molecule has 14 heavy (non-hydrogen) atoms. The Morgan fingerprint density at radius 2 is 2.29 bits per heavy atom. The third kappa shape index (κ3) is 3.74. The van der Waals surface area contributed by atoms with Gasteiger partial charge < -0.3 is 10.1 Å². The molecule has 0 aliphatic rings. The van der Waals surface area contributed by atoms with E-state index in [0.717, 1.165) is 0 Å². The SMILES string of the molecule is CC(C)NC(=O)Oc1ccc(Br)nc1. The van der Waals surface area contributed by atoms with Crippen LogP contribution in [-0.4, -0.2) is 17.1 Å². The number of halogens is 1. The van der Waals surface area contributed by atoms with Crippen molar-refractivity contribution in [2.75, 3.05) is 0 Å². The second-order valence-electron chi connectivity index (χ2n) is 3.01. The smallest absolute Gasteiger partial charge is 0.409 e. The fraction of sp³-hybridized carbons (Fsp3) is 0.333. The molecule has 0 spiro atoms. The van der Waals surface area contributed by atoms with Gasteiger partial charge in [-0.2, -0.15) is 0 Å². The summed E-state index contributed by atoms with van der Waals surface area (Å²) >= 11 is 3.18. The Kier molecular flexibility index (Phi) is 3.88. The van der Waals surface area contributed by atoms with Crippen LogP contribution in [0.2, 0.25) is 0 Å². The zero-order valence-electron chi connectivity index (χ0n) is 7.95. The van der Waals surface area contributed by atoms with Crippen molar-refractivity contribution >= 4 is 22.0 Å². The summed E-state index contributed by atoms with van der Waals surface area (Å²) in [6.07, 6.45) is 1.01. The van der Waals surface area contributed by atoms with E-state index in [4.69, 9.17) is 4.74 Å². The monoisotopic (exact) mass is 258 g/mol. The summed E-state index contributed by atoms with van der Waals surface area (Å²) in [5.74, 6) is 0.423. The minimum Gasteiger partial charge on any atom is -0.409 e. The molecule has 1 amide bonds. The van der Waals surface area contributed by atoms with Gasteiger partial charge in [-0.25, -0.2) is 9.78 Å². The molecule has 0 atom stereocenters. The van der Waals surface area contributed by atoms with E-state index >= 15 is 0 Å². The van der Waals surface area contributed by atoms with Gasteiger partial charge in [-0.1, -0.05) is 0 Å². The van der Waals surface area contributed by atoms with E-state index in [1.54, 1.807) is 12.1 Å². The van der Waals surface area contributed by atoms with Crippen molar-refractivity contribution in [1.29, 1.82) is 0 Å². The molecule has 0 unspecified atom stereocenters. The molecule has 76 valence electrons. The molecule has 0 saturated carbocycles. The number of nitrogens with one attached hydrogen (secondary N) is 1. The molecular weight excluding hydrogens is 248 g/mol. The average Bonchev–Trinajstić information content (AvgIpc) is 2.07. The molecule has 0 aliphatic carbocycles. The number of amides is 1. The molecule has 0 bridgehead atoms. The number of ether oxygens (including phenoxy) is 1. The highest BCUT2D eigenvalue weighted by molar-refractivity contribution is 9.10. The number of hydrogen-bond acceptors (Lipinski definition) is 3. The molecule has 1 heterocycles. The number of pyridine rings is 1. The summed E-state index contributed by atoms with van der Waals surface area (Å²) in [7, 11) is 0. The van der Waals surface area contributed by atoms with Gasteiger partial charge >= 0.3 is 6.09 Å². The minimum absolute atomic E-state index is 0.0610. The lowest BCUT2D eigenvalue weighted by molar-refractivity contribution is 0.197. The maximum Gasteiger partial charge on any atom is 0.412 e. The summed E-state index contributed by atoms with van der Waals surface area (Å²) in [5, 5.41) is 2.61. The maximum atomic E-state index is 11.1. The van der Waals surface area contributed by atoms with Gasteiger partial charge in [-0.15, -0.1) is 0 Å². The van der Waals surface area contributed by atoms with Gasteiger partial charge in [-0.3, -0.25) is 0 Å². The van der Waals surface area contributed by atoms with Gasteiger partial charge in [0.1, 0.15) is 4.60 Å². The largest absolute Gasteiger partial charge is 0.412 e. The van der Waals surface area contributed by atoms with Crippen molar-refractivity contribution in [3.63, 3.8) is 0 Å². The van der Waals surface area contributed by atoms with Crippen LogP contribution in [0.4, 0.5) is 4.79 Å². The minimum atomic E-state index is -0.468. The van der Waals surface area contributed by atoms with Crippen LogP contribution in [0.15, 0.2) is 22.9 Å². The molecule has 0 aromatic carbocycles. The third-order valence-corrected chi connectivity index (χ3v) is 1.79. The second kappa shape index (κ2) is 4.95. The highest BCUT2D eigenvalue weighted by Crippen LogP contribution is 2.12. The van der Waals surface area contributed by atoms with Gasteiger partial charge in [0.15, 0.2) is 5.75 Å². The Morgan fingerprint density at radius 3 is 2.79 bits per heavy atom. The van der Waals surface area contributed by atoms with Gasteiger partial charge in [0.05, 0.1) is 6.20 Å². The second-order valence-corrected chi connectivity index (χ2v) is 3.82. The first-order valence-electron chi connectivity index (χ1n) is 4.18. The highest BCUT2D eigenvalue weighted by atomic mass is 79.9. The van der Waals surface area contributed by atoms with Crippen LogP contribution in [0.3, 0.4) is 0 Å². The summed E-state index contributed by atoms with van der Waals surface area (Å²) in [6.45, 7) is 3.72. The molecule has 1 aromatic rings. The number of rotatable bonds is 2. The van der Waals surface area contributed by atoms with Crippen LogP contribution < -0.4 is 10.1 Å². The molecule has 0 aliphatic heterocycles. The Balaban J connectivity index is 2.52. The van der Waals surface area contributed by atoms with E-state index in [1.165, 1.54) is 6.20 Å². The van der Waals surface area contributed by atoms with E-state index in [0.29, 0.717) is 10.4 Å². The van der Waals surface area contributed by atoms with Crippen molar-refractivity contribution in [1.82, 2.24) is 10.3 Å². The Hall–Kier alpha value is -1.10. The van der Waals surface area contributed by atoms with Crippen LogP contribution in [0, 0.1) is 0 Å². The highest BCUT2D eigenvalue weighted by Gasteiger charge is 2.05. The van der Waals surface area contributed by atoms with E-state index in [2.05, 4.69) is 26.2 Å². The predicted octanol–water partition coefficient (Wildman–Crippen LogP) is 2.34. The van der Waals surface area contributed by atoms with Crippen LogP contribution in [-0.2, 0) is 0 Å². The van der Waals surface area contributed by atoms with Crippen molar-refractivity contribution in [2.45, 2.75) is 19.9 Å². The van der Waals surface area contributed by atoms with E-state index in [9.17, 15) is 4.79 Å². The van der Waals surface area contributed by atoms with Gasteiger partial charge in [-0.05, 0) is 41.9 Å². The topological polar surface area (TPSA) is 51.2 Å².